The number of anilines is 1. The molecule has 5 aromatic rings. The molecule has 0 spiro atoms. The number of aromatic amines is 1. The van der Waals surface area contributed by atoms with Crippen LogP contribution in [0.4, 0.5) is 10.3 Å². The summed E-state index contributed by atoms with van der Waals surface area (Å²) in [5.41, 5.74) is 11.5. The molecular formula is C25H23FN7O2+. The number of benzene rings is 1. The number of aromatic nitrogens is 6. The highest BCUT2D eigenvalue weighted by atomic mass is 19.1. The lowest BCUT2D eigenvalue weighted by atomic mass is 9.99. The predicted octanol–water partition coefficient (Wildman–Crippen LogP) is 2.83. The molecule has 0 aliphatic rings. The standard InChI is InChI=1S/C25H22FN7O2/c1-14-11-17(12-15(2)28-14)20-21(16-7-5-4-6-8-16)30-24(27)33-22(20)31-32(25(33)34)13-18-9-10-19(26)23(29-18)35-3/h4-12H,13H2,1-3H3,(H2,27,30)/p+1. The molecule has 10 heteroatoms. The Kier molecular flexibility index (Phi) is 5.48. The van der Waals surface area contributed by atoms with E-state index in [4.69, 9.17) is 10.5 Å². The van der Waals surface area contributed by atoms with Gasteiger partial charge in [-0.25, -0.2) is 19.2 Å². The smallest absolute Gasteiger partial charge is 0.411 e. The van der Waals surface area contributed by atoms with Crippen molar-refractivity contribution in [3.8, 4) is 28.3 Å². The molecule has 0 aliphatic heterocycles. The first-order valence-electron chi connectivity index (χ1n) is 10.9. The molecule has 176 valence electrons. The fraction of sp³-hybridized carbons (Fsp3) is 0.160. The van der Waals surface area contributed by atoms with Gasteiger partial charge in [-0.1, -0.05) is 30.3 Å². The molecular weight excluding hydrogens is 449 g/mol. The lowest BCUT2D eigenvalue weighted by molar-refractivity contribution is -0.351. The van der Waals surface area contributed by atoms with Crippen molar-refractivity contribution in [2.24, 2.45) is 0 Å². The summed E-state index contributed by atoms with van der Waals surface area (Å²) in [6.07, 6.45) is 0. The van der Waals surface area contributed by atoms with E-state index in [-0.39, 0.29) is 18.4 Å². The van der Waals surface area contributed by atoms with Gasteiger partial charge in [-0.05, 0) is 43.7 Å². The highest BCUT2D eigenvalue weighted by molar-refractivity contribution is 5.88. The molecule has 0 saturated carbocycles. The first-order valence-corrected chi connectivity index (χ1v) is 10.9. The number of aryl methyl sites for hydroxylation is 2. The first-order chi connectivity index (χ1) is 16.9. The molecule has 0 saturated heterocycles. The van der Waals surface area contributed by atoms with Gasteiger partial charge in [-0.15, -0.1) is 9.50 Å². The van der Waals surface area contributed by atoms with Gasteiger partial charge in [0.25, 0.3) is 0 Å². The molecule has 0 radical (unpaired) electrons. The lowest BCUT2D eigenvalue weighted by Crippen LogP contribution is -2.28. The Morgan fingerprint density at radius 1 is 1.03 bits per heavy atom. The van der Waals surface area contributed by atoms with Gasteiger partial charge in [-0.3, -0.25) is 10.7 Å². The van der Waals surface area contributed by atoms with E-state index < -0.39 is 11.5 Å². The van der Waals surface area contributed by atoms with Gasteiger partial charge < -0.3 is 4.74 Å². The average Bonchev–Trinajstić information content (AvgIpc) is 3.16. The van der Waals surface area contributed by atoms with Crippen LogP contribution in [0.5, 0.6) is 5.88 Å². The van der Waals surface area contributed by atoms with Gasteiger partial charge in [0.2, 0.25) is 11.5 Å². The fourth-order valence-electron chi connectivity index (χ4n) is 4.17. The number of rotatable bonds is 5. The number of nitrogens with one attached hydrogen (secondary N) is 1. The van der Waals surface area contributed by atoms with Crippen molar-refractivity contribution in [2.75, 3.05) is 12.8 Å². The maximum absolute atomic E-state index is 13.8. The third-order valence-electron chi connectivity index (χ3n) is 5.62. The summed E-state index contributed by atoms with van der Waals surface area (Å²) in [5, 5.41) is 4.64. The molecule has 4 aromatic heterocycles. The van der Waals surface area contributed by atoms with Crippen LogP contribution in [0.3, 0.4) is 0 Å². The summed E-state index contributed by atoms with van der Waals surface area (Å²) >= 11 is 0. The van der Waals surface area contributed by atoms with E-state index in [9.17, 15) is 9.18 Å². The second-order valence-electron chi connectivity index (χ2n) is 8.16. The van der Waals surface area contributed by atoms with Crippen molar-refractivity contribution in [1.29, 1.82) is 0 Å². The minimum atomic E-state index is -0.587. The fourth-order valence-corrected chi connectivity index (χ4v) is 4.17. The molecule has 5 rings (SSSR count). The van der Waals surface area contributed by atoms with Gasteiger partial charge in [0.05, 0.1) is 24.9 Å². The molecule has 35 heavy (non-hydrogen) atoms. The van der Waals surface area contributed by atoms with Crippen LogP contribution in [-0.4, -0.2) is 31.3 Å². The second-order valence-corrected chi connectivity index (χ2v) is 8.16. The van der Waals surface area contributed by atoms with Crippen LogP contribution >= 0.6 is 0 Å². The van der Waals surface area contributed by atoms with E-state index in [0.29, 0.717) is 16.9 Å². The van der Waals surface area contributed by atoms with Crippen molar-refractivity contribution in [3.05, 3.63) is 88.0 Å². The number of fused-ring (bicyclic) bond motifs is 1. The van der Waals surface area contributed by atoms with E-state index in [1.807, 2.05) is 56.3 Å². The van der Waals surface area contributed by atoms with Gasteiger partial charge in [0.1, 0.15) is 5.69 Å². The normalized spacial score (nSPS) is 11.2. The Bertz CT molecular complexity index is 1610. The zero-order valence-corrected chi connectivity index (χ0v) is 19.4. The number of H-pyrrole nitrogens is 1. The minimum absolute atomic E-state index is 0.00506. The van der Waals surface area contributed by atoms with E-state index in [1.54, 1.807) is 0 Å². The summed E-state index contributed by atoms with van der Waals surface area (Å²) in [6.45, 7) is 3.83. The van der Waals surface area contributed by atoms with Crippen LogP contribution in [-0.2, 0) is 6.54 Å². The second kappa shape index (κ2) is 8.64. The van der Waals surface area contributed by atoms with Crippen LogP contribution in [0.25, 0.3) is 28.0 Å². The third kappa shape index (κ3) is 3.99. The van der Waals surface area contributed by atoms with Crippen LogP contribution in [0.15, 0.2) is 59.4 Å². The van der Waals surface area contributed by atoms with Crippen LogP contribution in [0, 0.1) is 19.7 Å². The van der Waals surface area contributed by atoms with Gasteiger partial charge >= 0.3 is 11.6 Å². The lowest BCUT2D eigenvalue weighted by Gasteiger charge is -2.10. The molecule has 0 bridgehead atoms. The Morgan fingerprint density at radius 3 is 2.43 bits per heavy atom. The number of nitrogen functional groups attached to an aromatic ring is 1. The van der Waals surface area contributed by atoms with E-state index in [2.05, 4.69) is 20.1 Å². The zero-order valence-electron chi connectivity index (χ0n) is 19.4. The number of ether oxygens (including phenoxy) is 1. The van der Waals surface area contributed by atoms with Gasteiger partial charge in [0, 0.05) is 17.0 Å². The van der Waals surface area contributed by atoms with Crippen LogP contribution in [0.2, 0.25) is 0 Å². The number of halogens is 1. The molecule has 0 amide bonds. The summed E-state index contributed by atoms with van der Waals surface area (Å²) in [7, 11) is 1.33. The summed E-state index contributed by atoms with van der Waals surface area (Å²) in [6, 6.07) is 16.3. The number of nitrogens with two attached hydrogens (primary N) is 1. The molecule has 9 nitrogen and oxygen atoms in total. The van der Waals surface area contributed by atoms with Gasteiger partial charge in [-0.2, -0.15) is 4.68 Å². The van der Waals surface area contributed by atoms with Crippen LogP contribution in [0.1, 0.15) is 17.1 Å². The van der Waals surface area contributed by atoms with Crippen molar-refractivity contribution >= 4 is 11.6 Å². The van der Waals surface area contributed by atoms with Crippen molar-refractivity contribution in [2.45, 2.75) is 20.4 Å². The highest BCUT2D eigenvalue weighted by Crippen LogP contribution is 2.33. The third-order valence-corrected chi connectivity index (χ3v) is 5.62. The molecule has 4 heterocycles. The number of hydrogen-bond acceptors (Lipinski definition) is 6. The maximum Gasteiger partial charge on any atom is 0.411 e. The number of pyridine rings is 2. The predicted molar refractivity (Wildman–Crippen MR) is 128 cm³/mol. The van der Waals surface area contributed by atoms with Crippen molar-refractivity contribution in [1.82, 2.24) is 24.1 Å². The first kappa shape index (κ1) is 22.2. The number of hydrogen-bond donors (Lipinski definition) is 1. The van der Waals surface area contributed by atoms with Crippen molar-refractivity contribution in [3.63, 3.8) is 0 Å². The summed E-state index contributed by atoms with van der Waals surface area (Å²) in [4.78, 5) is 25.2. The Hall–Kier alpha value is -4.60. The minimum Gasteiger partial charge on any atom is -0.479 e. The van der Waals surface area contributed by atoms with E-state index in [1.165, 1.54) is 28.3 Å². The molecule has 0 atom stereocenters. The summed E-state index contributed by atoms with van der Waals surface area (Å²) in [5.74, 6) is -0.608. The van der Waals surface area contributed by atoms with Crippen LogP contribution < -0.4 is 21.1 Å². The largest absolute Gasteiger partial charge is 0.479 e. The monoisotopic (exact) mass is 472 g/mol. The molecule has 0 aliphatic carbocycles. The Balaban J connectivity index is 1.78. The maximum atomic E-state index is 13.8. The Morgan fingerprint density at radius 2 is 1.74 bits per heavy atom. The average molecular weight is 473 g/mol. The molecule has 1 aromatic carbocycles. The quantitative estimate of drug-likeness (QED) is 0.421. The SMILES string of the molecule is COc1nc(Cn2nc3c(-c4cc(C)nc(C)c4)c(-c4ccccc4)[nH+]c(N)n3c2=O)ccc1F. The summed E-state index contributed by atoms with van der Waals surface area (Å²) < 4.78 is 21.4. The van der Waals surface area contributed by atoms with E-state index in [0.717, 1.165) is 28.2 Å². The van der Waals surface area contributed by atoms with Gasteiger partial charge in [0.15, 0.2) is 5.82 Å². The Labute approximate surface area is 199 Å². The highest BCUT2D eigenvalue weighted by Gasteiger charge is 2.26. The van der Waals surface area contributed by atoms with Crippen molar-refractivity contribution < 1.29 is 14.1 Å². The topological polar surface area (TPSA) is 114 Å². The molecule has 3 N–H and O–H groups in total. The molecule has 0 fully saturated rings. The number of nitrogens with zero attached hydrogens (tertiary/aromatic N) is 5. The van der Waals surface area contributed by atoms with E-state index >= 15 is 0 Å². The zero-order chi connectivity index (χ0) is 24.7. The number of methoxy groups -OCH3 is 1. The molecule has 0 unspecified atom stereocenters.